The fourth-order valence-corrected chi connectivity index (χ4v) is 3.14. The highest BCUT2D eigenvalue weighted by Gasteiger charge is 2.35. The van der Waals surface area contributed by atoms with E-state index in [2.05, 4.69) is 11.4 Å². The molecule has 1 fully saturated rings. The third kappa shape index (κ3) is 5.49. The van der Waals surface area contributed by atoms with Crippen molar-refractivity contribution in [3.8, 4) is 17.6 Å². The number of hydrogen-bond donors (Lipinski definition) is 1. The summed E-state index contributed by atoms with van der Waals surface area (Å²) in [6.45, 7) is 1.49. The summed E-state index contributed by atoms with van der Waals surface area (Å²) in [7, 11) is 3.07. The lowest BCUT2D eigenvalue weighted by molar-refractivity contribution is -0.150. The number of hydrogen-bond acceptors (Lipinski definition) is 6. The van der Waals surface area contributed by atoms with E-state index < -0.39 is 23.5 Å². The van der Waals surface area contributed by atoms with Gasteiger partial charge in [0.05, 0.1) is 20.3 Å². The van der Waals surface area contributed by atoms with Crippen LogP contribution in [0.4, 0.5) is 0 Å². The number of nitrogens with one attached hydrogen (secondary N) is 1. The van der Waals surface area contributed by atoms with Crippen LogP contribution in [0.3, 0.4) is 0 Å². The first kappa shape index (κ1) is 21.3. The van der Waals surface area contributed by atoms with Gasteiger partial charge in [0.1, 0.15) is 17.0 Å². The predicted octanol–water partition coefficient (Wildman–Crippen LogP) is 2.99. The van der Waals surface area contributed by atoms with E-state index in [1.165, 1.54) is 20.1 Å². The molecule has 0 unspecified atom stereocenters. The highest BCUT2D eigenvalue weighted by atomic mass is 16.5. The highest BCUT2D eigenvalue weighted by molar-refractivity contribution is 5.91. The Bertz CT molecular complexity index is 775. The zero-order valence-electron chi connectivity index (χ0n) is 16.5. The summed E-state index contributed by atoms with van der Waals surface area (Å²) in [5, 5.41) is 12.2. The summed E-state index contributed by atoms with van der Waals surface area (Å²) < 4.78 is 15.6. The molecule has 0 aromatic heterocycles. The van der Waals surface area contributed by atoms with Crippen LogP contribution < -0.4 is 14.8 Å². The first-order chi connectivity index (χ1) is 13.4. The number of carbonyl (C=O) groups excluding carboxylic acids is 2. The van der Waals surface area contributed by atoms with Gasteiger partial charge in [-0.3, -0.25) is 4.79 Å². The van der Waals surface area contributed by atoms with Crippen molar-refractivity contribution in [3.05, 3.63) is 29.8 Å². The Morgan fingerprint density at radius 3 is 2.54 bits per heavy atom. The Labute approximate surface area is 165 Å². The maximum atomic E-state index is 12.4. The van der Waals surface area contributed by atoms with Gasteiger partial charge in [-0.05, 0) is 38.0 Å². The van der Waals surface area contributed by atoms with Crippen molar-refractivity contribution < 1.29 is 23.8 Å². The van der Waals surface area contributed by atoms with Gasteiger partial charge in [-0.25, -0.2) is 4.79 Å². The largest absolute Gasteiger partial charge is 0.497 e. The number of carbonyl (C=O) groups is 2. The minimum Gasteiger partial charge on any atom is -0.497 e. The van der Waals surface area contributed by atoms with Crippen LogP contribution in [0.1, 0.15) is 44.6 Å². The molecular weight excluding hydrogens is 360 g/mol. The van der Waals surface area contributed by atoms with Crippen LogP contribution in [0.5, 0.6) is 11.5 Å². The average molecular weight is 386 g/mol. The van der Waals surface area contributed by atoms with Crippen LogP contribution in [0.25, 0.3) is 6.08 Å². The zero-order valence-corrected chi connectivity index (χ0v) is 16.5. The highest BCUT2D eigenvalue weighted by Crippen LogP contribution is 2.28. The fraction of sp³-hybridized carbons (Fsp3) is 0.476. The molecule has 1 saturated carbocycles. The van der Waals surface area contributed by atoms with E-state index in [1.807, 2.05) is 0 Å². The molecule has 0 spiro atoms. The first-order valence-corrected chi connectivity index (χ1v) is 9.27. The van der Waals surface area contributed by atoms with E-state index in [0.717, 1.165) is 19.3 Å². The molecule has 7 heteroatoms. The molecule has 1 aliphatic carbocycles. The topological polar surface area (TPSA) is 97.6 Å². The molecule has 2 rings (SSSR count). The second-order valence-electron chi connectivity index (χ2n) is 6.76. The number of nitrogens with zero attached hydrogens (tertiary/aromatic N) is 1. The summed E-state index contributed by atoms with van der Waals surface area (Å²) in [6.07, 6.45) is 5.87. The van der Waals surface area contributed by atoms with Gasteiger partial charge in [-0.1, -0.05) is 19.3 Å². The van der Waals surface area contributed by atoms with Crippen LogP contribution in [0.15, 0.2) is 24.3 Å². The number of amides is 1. The molecule has 0 saturated heterocycles. The molecule has 1 aliphatic rings. The molecule has 1 amide bonds. The first-order valence-electron chi connectivity index (χ1n) is 9.27. The Kier molecular flexibility index (Phi) is 7.44. The summed E-state index contributed by atoms with van der Waals surface area (Å²) in [5.74, 6) is 0.0563. The van der Waals surface area contributed by atoms with Crippen LogP contribution in [-0.2, 0) is 14.3 Å². The van der Waals surface area contributed by atoms with Gasteiger partial charge in [0.25, 0.3) is 5.91 Å². The molecule has 1 N–H and O–H groups in total. The molecule has 7 nitrogen and oxygen atoms in total. The summed E-state index contributed by atoms with van der Waals surface area (Å²) in [6, 6.07) is 7.41. The zero-order chi connectivity index (χ0) is 20.6. The van der Waals surface area contributed by atoms with Gasteiger partial charge in [0.15, 0.2) is 6.10 Å². The lowest BCUT2D eigenvalue weighted by Crippen LogP contribution is -2.52. The van der Waals surface area contributed by atoms with Crippen molar-refractivity contribution in [2.75, 3.05) is 14.2 Å². The Morgan fingerprint density at radius 1 is 1.21 bits per heavy atom. The number of nitriles is 1. The van der Waals surface area contributed by atoms with Crippen LogP contribution in [-0.4, -0.2) is 37.7 Å². The Hall–Kier alpha value is -3.01. The van der Waals surface area contributed by atoms with Crippen LogP contribution in [0.2, 0.25) is 0 Å². The number of rotatable bonds is 7. The predicted molar refractivity (Wildman–Crippen MR) is 104 cm³/mol. The molecule has 150 valence electrons. The summed E-state index contributed by atoms with van der Waals surface area (Å²) >= 11 is 0. The van der Waals surface area contributed by atoms with E-state index in [1.54, 1.807) is 31.4 Å². The lowest BCUT2D eigenvalue weighted by atomic mass is 9.83. The Morgan fingerprint density at radius 2 is 1.93 bits per heavy atom. The van der Waals surface area contributed by atoms with Gasteiger partial charge >= 0.3 is 5.97 Å². The van der Waals surface area contributed by atoms with E-state index >= 15 is 0 Å². The third-order valence-electron chi connectivity index (χ3n) is 4.79. The van der Waals surface area contributed by atoms with Crippen molar-refractivity contribution in [2.45, 2.75) is 50.7 Å². The molecular formula is C21H26N2O5. The Balaban J connectivity index is 1.95. The third-order valence-corrected chi connectivity index (χ3v) is 4.79. The van der Waals surface area contributed by atoms with E-state index in [0.29, 0.717) is 29.9 Å². The second-order valence-corrected chi connectivity index (χ2v) is 6.76. The van der Waals surface area contributed by atoms with Crippen molar-refractivity contribution in [2.24, 2.45) is 0 Å². The molecule has 1 aromatic rings. The number of esters is 1. The SMILES string of the molecule is COc1ccc(/C=C/C(=O)O[C@H](C)C(=O)NC2(C#N)CCCCC2)c(OC)c1. The monoisotopic (exact) mass is 386 g/mol. The van der Waals surface area contributed by atoms with E-state index in [4.69, 9.17) is 14.2 Å². The van der Waals surface area contributed by atoms with Gasteiger partial charge in [-0.15, -0.1) is 0 Å². The average Bonchev–Trinajstić information content (AvgIpc) is 2.72. The summed E-state index contributed by atoms with van der Waals surface area (Å²) in [4.78, 5) is 24.4. The molecule has 28 heavy (non-hydrogen) atoms. The normalized spacial score (nSPS) is 16.6. The minimum atomic E-state index is -0.998. The molecule has 0 bridgehead atoms. The molecule has 1 aromatic carbocycles. The smallest absolute Gasteiger partial charge is 0.331 e. The van der Waals surface area contributed by atoms with Crippen molar-refractivity contribution >= 4 is 18.0 Å². The fourth-order valence-electron chi connectivity index (χ4n) is 3.14. The second kappa shape index (κ2) is 9.79. The van der Waals surface area contributed by atoms with Gasteiger partial charge in [-0.2, -0.15) is 5.26 Å². The van der Waals surface area contributed by atoms with Gasteiger partial charge < -0.3 is 19.5 Å². The van der Waals surface area contributed by atoms with E-state index in [-0.39, 0.29) is 0 Å². The maximum absolute atomic E-state index is 12.4. The lowest BCUT2D eigenvalue weighted by Gasteiger charge is -2.32. The maximum Gasteiger partial charge on any atom is 0.331 e. The molecule has 0 radical (unpaired) electrons. The van der Waals surface area contributed by atoms with E-state index in [9.17, 15) is 14.9 Å². The molecule has 0 aliphatic heterocycles. The van der Waals surface area contributed by atoms with Crippen molar-refractivity contribution in [1.82, 2.24) is 5.32 Å². The van der Waals surface area contributed by atoms with Crippen molar-refractivity contribution in [1.29, 1.82) is 5.26 Å². The molecule has 0 heterocycles. The number of benzene rings is 1. The van der Waals surface area contributed by atoms with Crippen molar-refractivity contribution in [3.63, 3.8) is 0 Å². The quantitative estimate of drug-likeness (QED) is 0.571. The van der Waals surface area contributed by atoms with Gasteiger partial charge in [0.2, 0.25) is 0 Å². The summed E-state index contributed by atoms with van der Waals surface area (Å²) in [5.41, 5.74) is -0.189. The molecule has 1 atom stereocenters. The van der Waals surface area contributed by atoms with Crippen LogP contribution in [0, 0.1) is 11.3 Å². The standard InChI is InChI=1S/C21H26N2O5/c1-15(20(25)23-21(14-22)11-5-4-6-12-21)28-19(24)10-8-16-7-9-17(26-2)13-18(16)27-3/h7-10,13,15H,4-6,11-12H2,1-3H3,(H,23,25)/b10-8+/t15-/m1/s1. The van der Waals surface area contributed by atoms with Crippen LogP contribution >= 0.6 is 0 Å². The number of ether oxygens (including phenoxy) is 3. The number of methoxy groups -OCH3 is 2. The minimum absolute atomic E-state index is 0.466. The van der Waals surface area contributed by atoms with Gasteiger partial charge in [0, 0.05) is 17.7 Å².